The second-order valence-corrected chi connectivity index (χ2v) is 8.79. The van der Waals surface area contributed by atoms with Gasteiger partial charge in [0.25, 0.3) is 0 Å². The Morgan fingerprint density at radius 2 is 1.62 bits per heavy atom. The number of esters is 1. The standard InChI is InChI=1S/C14H30NO5Si/c1-13(2)14(16)20-11-10-15(3,4)9-8-12-21(17-5,18-6)19-7/h1,8-12H2,2-7H3/q+1. The summed E-state index contributed by atoms with van der Waals surface area (Å²) >= 11 is 0. The molecule has 0 heterocycles. The third-order valence-corrected chi connectivity index (χ3v) is 6.29. The van der Waals surface area contributed by atoms with Gasteiger partial charge in [0.1, 0.15) is 13.2 Å². The molecule has 21 heavy (non-hydrogen) atoms. The van der Waals surface area contributed by atoms with Gasteiger partial charge < -0.3 is 22.5 Å². The van der Waals surface area contributed by atoms with Crippen LogP contribution in [0.5, 0.6) is 0 Å². The van der Waals surface area contributed by atoms with Crippen LogP contribution in [-0.2, 0) is 22.8 Å². The number of rotatable bonds is 11. The molecule has 0 saturated heterocycles. The highest BCUT2D eigenvalue weighted by Crippen LogP contribution is 2.16. The number of hydrogen-bond acceptors (Lipinski definition) is 5. The fourth-order valence-electron chi connectivity index (χ4n) is 1.90. The van der Waals surface area contributed by atoms with E-state index in [2.05, 4.69) is 20.7 Å². The largest absolute Gasteiger partial charge is 0.500 e. The zero-order chi connectivity index (χ0) is 16.5. The topological polar surface area (TPSA) is 54.0 Å². The molecule has 0 atom stereocenters. The molecule has 0 bridgehead atoms. The van der Waals surface area contributed by atoms with Crippen molar-refractivity contribution in [1.82, 2.24) is 0 Å². The van der Waals surface area contributed by atoms with E-state index >= 15 is 0 Å². The first kappa shape index (κ1) is 20.3. The fourth-order valence-corrected chi connectivity index (χ4v) is 3.60. The second kappa shape index (κ2) is 9.32. The first-order chi connectivity index (χ1) is 9.72. The van der Waals surface area contributed by atoms with Crippen LogP contribution in [0.4, 0.5) is 0 Å². The zero-order valence-electron chi connectivity index (χ0n) is 14.2. The van der Waals surface area contributed by atoms with Crippen molar-refractivity contribution in [3.8, 4) is 0 Å². The third-order valence-electron chi connectivity index (χ3n) is 3.46. The van der Waals surface area contributed by atoms with Crippen molar-refractivity contribution >= 4 is 14.8 Å². The van der Waals surface area contributed by atoms with Crippen molar-refractivity contribution in [2.24, 2.45) is 0 Å². The van der Waals surface area contributed by atoms with Gasteiger partial charge in [0, 0.05) is 39.4 Å². The second-order valence-electron chi connectivity index (χ2n) is 5.70. The molecule has 0 aromatic rings. The molecule has 0 aliphatic heterocycles. The molecule has 0 amide bonds. The summed E-state index contributed by atoms with van der Waals surface area (Å²) in [7, 11) is 6.58. The Morgan fingerprint density at radius 1 is 1.10 bits per heavy atom. The Morgan fingerprint density at radius 3 is 2.05 bits per heavy atom. The molecule has 0 aliphatic rings. The predicted molar refractivity (Wildman–Crippen MR) is 83.8 cm³/mol. The van der Waals surface area contributed by atoms with E-state index in [1.807, 2.05) is 0 Å². The maximum atomic E-state index is 11.3. The van der Waals surface area contributed by atoms with E-state index in [4.69, 9.17) is 18.0 Å². The SMILES string of the molecule is C=C(C)C(=O)OCC[N+](C)(C)CCC[Si](OC)(OC)OC. The fraction of sp³-hybridized carbons (Fsp3) is 0.786. The van der Waals surface area contributed by atoms with Gasteiger partial charge in [0.2, 0.25) is 0 Å². The van der Waals surface area contributed by atoms with Crippen molar-refractivity contribution in [3.05, 3.63) is 12.2 Å². The van der Waals surface area contributed by atoms with Crippen molar-refractivity contribution in [2.75, 3.05) is 55.1 Å². The van der Waals surface area contributed by atoms with Crippen LogP contribution in [0.1, 0.15) is 13.3 Å². The normalized spacial score (nSPS) is 12.3. The molecule has 0 spiro atoms. The van der Waals surface area contributed by atoms with Crippen LogP contribution in [0.2, 0.25) is 6.04 Å². The molecule has 0 fully saturated rings. The molecule has 0 aromatic carbocycles. The average Bonchev–Trinajstić information content (AvgIpc) is 2.43. The third kappa shape index (κ3) is 7.73. The lowest BCUT2D eigenvalue weighted by Gasteiger charge is -2.31. The summed E-state index contributed by atoms with van der Waals surface area (Å²) in [5.41, 5.74) is 0.427. The summed E-state index contributed by atoms with van der Waals surface area (Å²) in [6.07, 6.45) is 0.920. The van der Waals surface area contributed by atoms with Crippen molar-refractivity contribution in [2.45, 2.75) is 19.4 Å². The van der Waals surface area contributed by atoms with Crippen molar-refractivity contribution < 1.29 is 27.3 Å². The molecule has 0 N–H and O–H groups in total. The summed E-state index contributed by atoms with van der Waals surface area (Å²) in [6, 6.07) is 0.768. The Bertz CT molecular complexity index is 334. The number of hydrogen-bond donors (Lipinski definition) is 0. The smallest absolute Gasteiger partial charge is 0.456 e. The molecular formula is C14H30NO5Si+. The van der Waals surface area contributed by atoms with Gasteiger partial charge in [0.05, 0.1) is 20.6 Å². The van der Waals surface area contributed by atoms with Gasteiger partial charge in [-0.15, -0.1) is 0 Å². The number of carbonyl (C=O) groups is 1. The molecule has 0 unspecified atom stereocenters. The minimum atomic E-state index is -2.49. The van der Waals surface area contributed by atoms with E-state index in [1.54, 1.807) is 28.3 Å². The summed E-state index contributed by atoms with van der Waals surface area (Å²) in [5, 5.41) is 0. The summed E-state index contributed by atoms with van der Waals surface area (Å²) in [5.74, 6) is -0.334. The van der Waals surface area contributed by atoms with Gasteiger partial charge in [-0.2, -0.15) is 0 Å². The van der Waals surface area contributed by atoms with Crippen LogP contribution in [0.3, 0.4) is 0 Å². The predicted octanol–water partition coefficient (Wildman–Crippen LogP) is 1.45. The van der Waals surface area contributed by atoms with Gasteiger partial charge in [-0.1, -0.05) is 6.58 Å². The van der Waals surface area contributed by atoms with Gasteiger partial charge in [-0.3, -0.25) is 0 Å². The number of quaternary nitrogens is 1. The quantitative estimate of drug-likeness (QED) is 0.250. The van der Waals surface area contributed by atoms with Crippen LogP contribution < -0.4 is 0 Å². The van der Waals surface area contributed by atoms with Gasteiger partial charge in [-0.25, -0.2) is 4.79 Å². The Hall–Kier alpha value is -0.733. The van der Waals surface area contributed by atoms with Crippen LogP contribution in [0, 0.1) is 0 Å². The molecule has 7 heteroatoms. The van der Waals surface area contributed by atoms with Gasteiger partial charge >= 0.3 is 14.8 Å². The average molecular weight is 320 g/mol. The molecule has 0 saturated carbocycles. The Kier molecular flexibility index (Phi) is 8.99. The highest BCUT2D eigenvalue weighted by atomic mass is 28.4. The van der Waals surface area contributed by atoms with E-state index in [-0.39, 0.29) is 5.97 Å². The first-order valence-corrected chi connectivity index (χ1v) is 8.95. The van der Waals surface area contributed by atoms with Crippen LogP contribution in [0.25, 0.3) is 0 Å². The summed E-state index contributed by atoms with van der Waals surface area (Å²) in [4.78, 5) is 11.3. The Labute approximate surface area is 129 Å². The van der Waals surface area contributed by atoms with E-state index in [0.717, 1.165) is 30.0 Å². The molecule has 0 radical (unpaired) electrons. The molecule has 0 rings (SSSR count). The van der Waals surface area contributed by atoms with Crippen LogP contribution in [-0.4, -0.2) is 74.4 Å². The molecule has 124 valence electrons. The van der Waals surface area contributed by atoms with Crippen LogP contribution >= 0.6 is 0 Å². The molecule has 0 aromatic heterocycles. The highest BCUT2D eigenvalue weighted by molar-refractivity contribution is 6.60. The maximum absolute atomic E-state index is 11.3. The monoisotopic (exact) mass is 320 g/mol. The first-order valence-electron chi connectivity index (χ1n) is 7.02. The summed E-state index contributed by atoms with van der Waals surface area (Å²) < 4.78 is 22.1. The van der Waals surface area contributed by atoms with E-state index in [9.17, 15) is 4.79 Å². The van der Waals surface area contributed by atoms with E-state index in [1.165, 1.54) is 0 Å². The maximum Gasteiger partial charge on any atom is 0.500 e. The zero-order valence-corrected chi connectivity index (χ0v) is 15.2. The van der Waals surface area contributed by atoms with E-state index in [0.29, 0.717) is 12.2 Å². The van der Waals surface area contributed by atoms with Crippen LogP contribution in [0.15, 0.2) is 12.2 Å². The Balaban J connectivity index is 4.13. The van der Waals surface area contributed by atoms with Crippen molar-refractivity contribution in [3.63, 3.8) is 0 Å². The summed E-state index contributed by atoms with van der Waals surface area (Å²) in [6.45, 7) is 7.27. The minimum absolute atomic E-state index is 0.334. The number of carbonyl (C=O) groups excluding carboxylic acids is 1. The molecule has 6 nitrogen and oxygen atoms in total. The van der Waals surface area contributed by atoms with Gasteiger partial charge in [0.15, 0.2) is 0 Å². The van der Waals surface area contributed by atoms with Crippen molar-refractivity contribution in [1.29, 1.82) is 0 Å². The minimum Gasteiger partial charge on any atom is -0.456 e. The van der Waals surface area contributed by atoms with Gasteiger partial charge in [-0.05, 0) is 6.92 Å². The number of ether oxygens (including phenoxy) is 1. The highest BCUT2D eigenvalue weighted by Gasteiger charge is 2.37. The van der Waals surface area contributed by atoms with E-state index < -0.39 is 8.80 Å². The number of likely N-dealkylation sites (N-methyl/N-ethyl adjacent to an activating group) is 1. The number of nitrogens with zero attached hydrogens (tertiary/aromatic N) is 1. The molecular weight excluding hydrogens is 290 g/mol. The molecule has 0 aliphatic carbocycles. The lowest BCUT2D eigenvalue weighted by atomic mass is 10.3. The lowest BCUT2D eigenvalue weighted by Crippen LogP contribution is -2.46. The lowest BCUT2D eigenvalue weighted by molar-refractivity contribution is -0.890.